The Morgan fingerprint density at radius 3 is 2.64 bits per heavy atom. The number of methoxy groups -OCH3 is 1. The predicted octanol–water partition coefficient (Wildman–Crippen LogP) is 6.86. The van der Waals surface area contributed by atoms with E-state index in [4.69, 9.17) is 9.73 Å². The Labute approximate surface area is 219 Å². The fourth-order valence-corrected chi connectivity index (χ4v) is 7.53. The minimum Gasteiger partial charge on any atom is -0.506 e. The zero-order chi connectivity index (χ0) is 24.8. The molecule has 0 aromatic heterocycles. The van der Waals surface area contributed by atoms with Crippen LogP contribution in [-0.4, -0.2) is 41.3 Å². The highest BCUT2D eigenvalue weighted by Gasteiger charge is 2.42. The summed E-state index contributed by atoms with van der Waals surface area (Å²) in [5.74, 6) is 0.903. The maximum Gasteiger partial charge on any atom is 0.269 e. The number of carbonyl (C=O) groups is 1. The maximum absolute atomic E-state index is 14.0. The third-order valence-electron chi connectivity index (χ3n) is 7.07. The highest BCUT2D eigenvalue weighted by atomic mass is 32.2. The number of thioether (sulfide) groups is 2. The zero-order valence-corrected chi connectivity index (χ0v) is 21.9. The number of amidine groups is 1. The van der Waals surface area contributed by atoms with E-state index in [2.05, 4.69) is 4.90 Å². The molecule has 1 amide bonds. The molecule has 0 bridgehead atoms. The van der Waals surface area contributed by atoms with Gasteiger partial charge < -0.3 is 14.7 Å². The van der Waals surface area contributed by atoms with Crippen LogP contribution in [0.3, 0.4) is 0 Å². The van der Waals surface area contributed by atoms with Gasteiger partial charge in [-0.1, -0.05) is 61.4 Å². The molecule has 8 heteroatoms. The maximum atomic E-state index is 14.0. The van der Waals surface area contributed by atoms with Crippen molar-refractivity contribution in [1.82, 2.24) is 4.90 Å². The van der Waals surface area contributed by atoms with Crippen molar-refractivity contribution in [3.05, 3.63) is 64.5 Å². The number of aromatic hydroxyl groups is 1. The summed E-state index contributed by atoms with van der Waals surface area (Å²) in [4.78, 5) is 24.7. The van der Waals surface area contributed by atoms with Crippen LogP contribution in [0.5, 0.6) is 11.5 Å². The van der Waals surface area contributed by atoms with E-state index in [1.54, 1.807) is 24.9 Å². The number of ether oxygens (including phenoxy) is 1. The first-order chi connectivity index (χ1) is 17.5. The van der Waals surface area contributed by atoms with Crippen molar-refractivity contribution < 1.29 is 14.6 Å². The third-order valence-corrected chi connectivity index (χ3v) is 9.48. The number of benzene rings is 3. The summed E-state index contributed by atoms with van der Waals surface area (Å²) in [7, 11) is 3.65. The van der Waals surface area contributed by atoms with Crippen LogP contribution < -0.4 is 9.64 Å². The number of anilines is 1. The number of phenolic OH excluding ortho intramolecular Hbond substituents is 1. The first kappa shape index (κ1) is 23.3. The third kappa shape index (κ3) is 3.92. The lowest BCUT2D eigenvalue weighted by atomic mass is 9.94. The summed E-state index contributed by atoms with van der Waals surface area (Å²) in [6.45, 7) is 0. The molecular formula is C28H27N3O3S2. The lowest BCUT2D eigenvalue weighted by Gasteiger charge is -2.30. The molecule has 2 aliphatic heterocycles. The Kier molecular flexibility index (Phi) is 6.09. The molecule has 3 aromatic carbocycles. The van der Waals surface area contributed by atoms with E-state index < -0.39 is 0 Å². The van der Waals surface area contributed by atoms with E-state index in [0.29, 0.717) is 15.8 Å². The minimum atomic E-state index is -0.000465. The topological polar surface area (TPSA) is 65.4 Å². The van der Waals surface area contributed by atoms with Crippen LogP contribution in [0.25, 0.3) is 10.8 Å². The molecule has 2 heterocycles. The molecule has 6 rings (SSSR count). The fourth-order valence-electron chi connectivity index (χ4n) is 5.16. The second-order valence-corrected chi connectivity index (χ2v) is 11.3. The van der Waals surface area contributed by atoms with Gasteiger partial charge in [0.1, 0.15) is 22.1 Å². The number of amides is 1. The van der Waals surface area contributed by atoms with E-state index in [0.717, 1.165) is 57.8 Å². The van der Waals surface area contributed by atoms with E-state index in [-0.39, 0.29) is 17.7 Å². The summed E-state index contributed by atoms with van der Waals surface area (Å²) < 4.78 is 5.42. The fraction of sp³-hybridized carbons (Fsp3) is 0.286. The van der Waals surface area contributed by atoms with Crippen LogP contribution in [0.15, 0.2) is 74.4 Å². The zero-order valence-electron chi connectivity index (χ0n) is 20.2. The summed E-state index contributed by atoms with van der Waals surface area (Å²) in [5.41, 5.74) is 1.53. The van der Waals surface area contributed by atoms with Crippen LogP contribution in [0.1, 0.15) is 32.1 Å². The van der Waals surface area contributed by atoms with Gasteiger partial charge in [-0.05, 0) is 48.2 Å². The van der Waals surface area contributed by atoms with E-state index in [1.165, 1.54) is 18.2 Å². The van der Waals surface area contributed by atoms with Crippen LogP contribution in [-0.2, 0) is 4.79 Å². The molecule has 1 N–H and O–H groups in total. The second-order valence-electron chi connectivity index (χ2n) is 9.25. The van der Waals surface area contributed by atoms with E-state index in [1.807, 2.05) is 60.5 Å². The molecule has 3 aliphatic rings. The Hall–Kier alpha value is -3.10. The quantitative estimate of drug-likeness (QED) is 0.383. The number of nitrogens with zero attached hydrogens (tertiary/aromatic N) is 3. The van der Waals surface area contributed by atoms with Gasteiger partial charge in [0, 0.05) is 29.4 Å². The number of hydrogen-bond acceptors (Lipinski definition) is 7. The van der Waals surface area contributed by atoms with Gasteiger partial charge in [0.25, 0.3) is 5.91 Å². The highest BCUT2D eigenvalue weighted by molar-refractivity contribution is 8.19. The SMILES string of the molecule is COc1ccc2c(c1)N(C)/C(=C1\SC(=Nc3c(O)ccc4ccccc34)N(C3CCCCC3)C1=O)S2. The van der Waals surface area contributed by atoms with Crippen molar-refractivity contribution in [3.8, 4) is 11.5 Å². The molecule has 0 unspecified atom stereocenters. The molecule has 2 fully saturated rings. The van der Waals surface area contributed by atoms with Crippen molar-refractivity contribution in [3.63, 3.8) is 0 Å². The van der Waals surface area contributed by atoms with Crippen molar-refractivity contribution in [1.29, 1.82) is 0 Å². The van der Waals surface area contributed by atoms with Crippen LogP contribution >= 0.6 is 23.5 Å². The number of phenols is 1. The number of carbonyl (C=O) groups excluding carboxylic acids is 1. The Morgan fingerprint density at radius 2 is 1.83 bits per heavy atom. The Balaban J connectivity index is 1.46. The van der Waals surface area contributed by atoms with E-state index >= 15 is 0 Å². The summed E-state index contributed by atoms with van der Waals surface area (Å²) in [6, 6.07) is 17.6. The normalized spacial score (nSPS) is 21.6. The molecule has 6 nitrogen and oxygen atoms in total. The molecule has 0 spiro atoms. The smallest absolute Gasteiger partial charge is 0.269 e. The minimum absolute atomic E-state index is 0.000465. The average Bonchev–Trinajstić information content (AvgIpc) is 3.41. The average molecular weight is 518 g/mol. The molecule has 1 saturated heterocycles. The van der Waals surface area contributed by atoms with Crippen LogP contribution in [0.4, 0.5) is 11.4 Å². The lowest BCUT2D eigenvalue weighted by Crippen LogP contribution is -2.40. The van der Waals surface area contributed by atoms with Gasteiger partial charge in [0.2, 0.25) is 0 Å². The summed E-state index contributed by atoms with van der Waals surface area (Å²) in [5, 5.41) is 14.2. The van der Waals surface area contributed by atoms with Crippen molar-refractivity contribution >= 4 is 56.7 Å². The largest absolute Gasteiger partial charge is 0.506 e. The van der Waals surface area contributed by atoms with Gasteiger partial charge >= 0.3 is 0 Å². The number of rotatable bonds is 3. The molecule has 184 valence electrons. The van der Waals surface area contributed by atoms with Gasteiger partial charge in [0.05, 0.1) is 17.8 Å². The van der Waals surface area contributed by atoms with Crippen molar-refractivity contribution in [2.45, 2.75) is 43.0 Å². The second kappa shape index (κ2) is 9.41. The van der Waals surface area contributed by atoms with Gasteiger partial charge in [-0.25, -0.2) is 4.99 Å². The monoisotopic (exact) mass is 517 g/mol. The predicted molar refractivity (Wildman–Crippen MR) is 148 cm³/mol. The number of fused-ring (bicyclic) bond motifs is 2. The van der Waals surface area contributed by atoms with E-state index in [9.17, 15) is 9.90 Å². The van der Waals surface area contributed by atoms with Crippen LogP contribution in [0, 0.1) is 0 Å². The van der Waals surface area contributed by atoms with Gasteiger partial charge in [-0.3, -0.25) is 9.69 Å². The Morgan fingerprint density at radius 1 is 1.03 bits per heavy atom. The van der Waals surface area contributed by atoms with Gasteiger partial charge in [0.15, 0.2) is 5.17 Å². The first-order valence-electron chi connectivity index (χ1n) is 12.2. The lowest BCUT2D eigenvalue weighted by molar-refractivity contribution is -0.124. The first-order valence-corrected chi connectivity index (χ1v) is 13.8. The molecule has 1 saturated carbocycles. The van der Waals surface area contributed by atoms with Gasteiger partial charge in [-0.15, -0.1) is 0 Å². The number of aliphatic imine (C=N–C) groups is 1. The van der Waals surface area contributed by atoms with Gasteiger partial charge in [-0.2, -0.15) is 0 Å². The standard InChI is InChI=1S/C28H27N3O3S2/c1-30-21-16-19(34-2)13-15-23(21)35-27(30)25-26(33)31(18-9-4-3-5-10-18)28(36-25)29-24-20-11-7-6-8-17(20)12-14-22(24)32/h6-8,11-16,18,32H,3-5,9-10H2,1-2H3/b27-25+,29-28?. The highest BCUT2D eigenvalue weighted by Crippen LogP contribution is 2.52. The van der Waals surface area contributed by atoms with Crippen molar-refractivity contribution in [2.24, 2.45) is 4.99 Å². The molecular weight excluding hydrogens is 490 g/mol. The summed E-state index contributed by atoms with van der Waals surface area (Å²) in [6.07, 6.45) is 5.35. The summed E-state index contributed by atoms with van der Waals surface area (Å²) >= 11 is 3.02. The Bertz CT molecular complexity index is 1430. The molecule has 0 radical (unpaired) electrons. The number of hydrogen-bond donors (Lipinski definition) is 1. The molecule has 0 atom stereocenters. The molecule has 3 aromatic rings. The molecule has 1 aliphatic carbocycles. The van der Waals surface area contributed by atoms with Crippen molar-refractivity contribution in [2.75, 3.05) is 19.1 Å². The van der Waals surface area contributed by atoms with Crippen LogP contribution in [0.2, 0.25) is 0 Å². The molecule has 36 heavy (non-hydrogen) atoms.